The molecule has 0 spiro atoms. The van der Waals surface area contributed by atoms with E-state index in [9.17, 15) is 4.57 Å². The van der Waals surface area contributed by atoms with Crippen LogP contribution in [0.15, 0.2) is 36.4 Å². The molecule has 2 aliphatic rings. The average Bonchev–Trinajstić information content (AvgIpc) is 3.13. The van der Waals surface area contributed by atoms with Crippen molar-refractivity contribution in [2.75, 3.05) is 0 Å². The molecule has 0 amide bonds. The highest BCUT2D eigenvalue weighted by molar-refractivity contribution is 7.50. The van der Waals surface area contributed by atoms with Gasteiger partial charge < -0.3 is 13.6 Å². The number of benzene rings is 2. The Morgan fingerprint density at radius 2 is 1.60 bits per heavy atom. The number of phosphoric acid groups is 1. The molecule has 0 saturated heterocycles. The molecule has 0 aromatic heterocycles. The van der Waals surface area contributed by atoms with Crippen LogP contribution in [0, 0.1) is 0 Å². The molecule has 2 aromatic rings. The molecule has 1 unspecified atom stereocenters. The van der Waals surface area contributed by atoms with Gasteiger partial charge in [0.15, 0.2) is 11.5 Å². The fraction of sp³-hybridized carbons (Fsp3) is 0.400. The van der Waals surface area contributed by atoms with Crippen molar-refractivity contribution in [3.63, 3.8) is 0 Å². The van der Waals surface area contributed by atoms with Crippen LogP contribution in [0.2, 0.25) is 0 Å². The third-order valence-corrected chi connectivity index (χ3v) is 6.02. The Kier molecular flexibility index (Phi) is 4.47. The summed E-state index contributed by atoms with van der Waals surface area (Å²) in [5.74, 6) is 1.68. The molecule has 4 rings (SSSR count). The van der Waals surface area contributed by atoms with Crippen molar-refractivity contribution >= 4 is 7.82 Å². The van der Waals surface area contributed by atoms with Crippen LogP contribution in [0.25, 0.3) is 11.1 Å². The molecule has 5 heteroatoms. The first-order valence-electron chi connectivity index (χ1n) is 9.14. The minimum absolute atomic E-state index is 0.518. The minimum Gasteiger partial charge on any atom is -0.382 e. The lowest BCUT2D eigenvalue weighted by atomic mass is 9.94. The van der Waals surface area contributed by atoms with E-state index in [1.165, 1.54) is 32.1 Å². The molecular weight excluding hydrogens is 335 g/mol. The summed E-state index contributed by atoms with van der Waals surface area (Å²) in [6.07, 6.45) is 8.28. The van der Waals surface area contributed by atoms with Gasteiger partial charge in [0.25, 0.3) is 0 Å². The van der Waals surface area contributed by atoms with Crippen LogP contribution < -0.4 is 13.6 Å². The van der Waals surface area contributed by atoms with Crippen LogP contribution in [0.1, 0.15) is 51.0 Å². The highest BCUT2D eigenvalue weighted by Crippen LogP contribution is 2.70. The van der Waals surface area contributed by atoms with E-state index < -0.39 is 7.82 Å². The van der Waals surface area contributed by atoms with Crippen LogP contribution >= 0.6 is 7.82 Å². The van der Waals surface area contributed by atoms with E-state index in [-0.39, 0.29) is 0 Å². The largest absolute Gasteiger partial charge is 0.647 e. The van der Waals surface area contributed by atoms with Gasteiger partial charge >= 0.3 is 7.82 Å². The number of fused-ring (bicyclic) bond motifs is 1. The summed E-state index contributed by atoms with van der Waals surface area (Å²) in [5.41, 5.74) is 3.28. The lowest BCUT2D eigenvalue weighted by molar-refractivity contribution is 0.353. The van der Waals surface area contributed by atoms with Crippen molar-refractivity contribution < 1.29 is 18.1 Å². The SMILES string of the molecule is CCCCCCCCc1c(-c2ccccc2)cc2c3c1OP(=O)(O2)O3. The summed E-state index contributed by atoms with van der Waals surface area (Å²) in [4.78, 5) is 0. The second kappa shape index (κ2) is 6.76. The van der Waals surface area contributed by atoms with Gasteiger partial charge in [-0.2, -0.15) is 4.57 Å². The van der Waals surface area contributed by atoms with Crippen LogP contribution in [0.4, 0.5) is 0 Å². The highest BCUT2D eigenvalue weighted by Gasteiger charge is 2.51. The molecule has 4 nitrogen and oxygen atoms in total. The maximum Gasteiger partial charge on any atom is 0.647 e. The molecule has 2 aliphatic heterocycles. The van der Waals surface area contributed by atoms with Crippen molar-refractivity contribution in [1.29, 1.82) is 0 Å². The first-order valence-corrected chi connectivity index (χ1v) is 10.6. The smallest absolute Gasteiger partial charge is 0.382 e. The molecule has 0 radical (unpaired) electrons. The van der Waals surface area contributed by atoms with Gasteiger partial charge in [-0.25, -0.2) is 0 Å². The quantitative estimate of drug-likeness (QED) is 0.397. The van der Waals surface area contributed by atoms with E-state index in [2.05, 4.69) is 19.1 Å². The Labute approximate surface area is 148 Å². The van der Waals surface area contributed by atoms with E-state index in [1.54, 1.807) is 0 Å². The Balaban J connectivity index is 1.61. The van der Waals surface area contributed by atoms with Gasteiger partial charge in [-0.3, -0.25) is 0 Å². The van der Waals surface area contributed by atoms with Crippen LogP contribution in [-0.4, -0.2) is 0 Å². The molecule has 0 saturated carbocycles. The third-order valence-electron chi connectivity index (χ3n) is 4.79. The van der Waals surface area contributed by atoms with Crippen molar-refractivity contribution in [2.24, 2.45) is 0 Å². The molecule has 132 valence electrons. The van der Waals surface area contributed by atoms with Crippen LogP contribution in [-0.2, 0) is 11.0 Å². The number of unbranched alkanes of at least 4 members (excludes halogenated alkanes) is 5. The van der Waals surface area contributed by atoms with Gasteiger partial charge in [0, 0.05) is 5.56 Å². The summed E-state index contributed by atoms with van der Waals surface area (Å²) in [6.45, 7) is 2.23. The van der Waals surface area contributed by atoms with E-state index >= 15 is 0 Å². The summed E-state index contributed by atoms with van der Waals surface area (Å²) < 4.78 is 28.6. The molecule has 0 aliphatic carbocycles. The fourth-order valence-electron chi connectivity index (χ4n) is 3.51. The Morgan fingerprint density at radius 1 is 0.880 bits per heavy atom. The molecule has 2 bridgehead atoms. The summed E-state index contributed by atoms with van der Waals surface area (Å²) >= 11 is 0. The van der Waals surface area contributed by atoms with E-state index in [0.717, 1.165) is 29.5 Å². The maximum atomic E-state index is 12.3. The zero-order valence-electron chi connectivity index (χ0n) is 14.5. The highest BCUT2D eigenvalue weighted by atomic mass is 31.2. The third kappa shape index (κ3) is 3.16. The molecule has 1 atom stereocenters. The first kappa shape index (κ1) is 16.5. The summed E-state index contributed by atoms with van der Waals surface area (Å²) in [7, 11) is -3.44. The van der Waals surface area contributed by atoms with Crippen molar-refractivity contribution in [2.45, 2.75) is 51.9 Å². The van der Waals surface area contributed by atoms with Gasteiger partial charge in [0.1, 0.15) is 0 Å². The van der Waals surface area contributed by atoms with Crippen LogP contribution in [0.5, 0.6) is 17.2 Å². The summed E-state index contributed by atoms with van der Waals surface area (Å²) in [5, 5.41) is 0. The standard InChI is InChI=1S/C20H23O4P/c1-2-3-4-5-6-10-13-16-17(15-11-8-7-9-12-15)14-18-20-19(16)23-25(21,22-18)24-20/h7-9,11-12,14H,2-6,10,13H2,1H3. The first-order chi connectivity index (χ1) is 12.2. The molecule has 0 fully saturated rings. The molecule has 0 N–H and O–H groups in total. The van der Waals surface area contributed by atoms with Crippen molar-refractivity contribution in [3.8, 4) is 28.4 Å². The fourth-order valence-corrected chi connectivity index (χ4v) is 4.81. The zero-order chi connectivity index (χ0) is 17.3. The van der Waals surface area contributed by atoms with Crippen LogP contribution in [0.3, 0.4) is 0 Å². The second-order valence-corrected chi connectivity index (χ2v) is 8.11. The van der Waals surface area contributed by atoms with E-state index in [4.69, 9.17) is 13.6 Å². The van der Waals surface area contributed by atoms with Gasteiger partial charge in [0.2, 0.25) is 5.75 Å². The number of rotatable bonds is 8. The average molecular weight is 358 g/mol. The van der Waals surface area contributed by atoms with Gasteiger partial charge in [-0.15, -0.1) is 0 Å². The number of hydrogen-bond donors (Lipinski definition) is 0. The topological polar surface area (TPSA) is 44.8 Å². The molecule has 2 aromatic carbocycles. The lowest BCUT2D eigenvalue weighted by Crippen LogP contribution is -2.02. The number of hydrogen-bond acceptors (Lipinski definition) is 4. The van der Waals surface area contributed by atoms with Crippen molar-refractivity contribution in [1.82, 2.24) is 0 Å². The normalized spacial score (nSPS) is 19.4. The van der Waals surface area contributed by atoms with Gasteiger partial charge in [0.05, 0.1) is 0 Å². The zero-order valence-corrected chi connectivity index (χ0v) is 15.4. The van der Waals surface area contributed by atoms with Gasteiger partial charge in [-0.05, 0) is 30.0 Å². The lowest BCUT2D eigenvalue weighted by Gasteiger charge is -2.17. The predicted molar refractivity (Wildman–Crippen MR) is 98.4 cm³/mol. The Bertz CT molecular complexity index is 816. The molecular formula is C20H23O4P. The number of phosphoric ester groups is 1. The maximum absolute atomic E-state index is 12.3. The van der Waals surface area contributed by atoms with Crippen molar-refractivity contribution in [3.05, 3.63) is 42.0 Å². The van der Waals surface area contributed by atoms with E-state index in [0.29, 0.717) is 17.2 Å². The second-order valence-electron chi connectivity index (χ2n) is 6.66. The molecule has 2 heterocycles. The van der Waals surface area contributed by atoms with Gasteiger partial charge in [-0.1, -0.05) is 69.4 Å². The van der Waals surface area contributed by atoms with E-state index in [1.807, 2.05) is 24.3 Å². The Hall–Kier alpha value is -1.93. The minimum atomic E-state index is -3.44. The summed E-state index contributed by atoms with van der Waals surface area (Å²) in [6, 6.07) is 12.1. The molecule has 25 heavy (non-hydrogen) atoms. The monoisotopic (exact) mass is 358 g/mol. The predicted octanol–water partition coefficient (Wildman–Crippen LogP) is 6.53. The Morgan fingerprint density at radius 3 is 2.36 bits per heavy atom.